The molecule has 1 aromatic heterocycles. The summed E-state index contributed by atoms with van der Waals surface area (Å²) in [6, 6.07) is 2.61. The lowest BCUT2D eigenvalue weighted by Gasteiger charge is -2.18. The zero-order valence-electron chi connectivity index (χ0n) is 12.9. The number of ether oxygens (including phenoxy) is 2. The molecule has 2 aromatic rings. The number of fused-ring (bicyclic) bond motifs is 2. The summed E-state index contributed by atoms with van der Waals surface area (Å²) in [6.07, 6.45) is 1.01. The van der Waals surface area contributed by atoms with Gasteiger partial charge in [-0.15, -0.1) is 11.3 Å². The van der Waals surface area contributed by atoms with Crippen LogP contribution in [0.4, 0.5) is 0 Å². The molecule has 0 radical (unpaired) electrons. The maximum atomic E-state index is 12.4. The van der Waals surface area contributed by atoms with E-state index < -0.39 is 17.9 Å². The van der Waals surface area contributed by atoms with E-state index in [1.54, 1.807) is 12.1 Å². The molecule has 6 nitrogen and oxygen atoms in total. The van der Waals surface area contributed by atoms with Crippen molar-refractivity contribution < 1.29 is 24.2 Å². The van der Waals surface area contributed by atoms with Crippen molar-refractivity contribution in [2.45, 2.75) is 25.8 Å². The van der Waals surface area contributed by atoms with E-state index in [2.05, 4.69) is 5.32 Å². The molecule has 0 fully saturated rings. The molecule has 1 aliphatic rings. The summed E-state index contributed by atoms with van der Waals surface area (Å²) in [5.74, 6) is -0.329. The lowest BCUT2D eigenvalue weighted by molar-refractivity contribution is -0.139. The minimum absolute atomic E-state index is 0.288. The van der Waals surface area contributed by atoms with Crippen molar-refractivity contribution in [1.29, 1.82) is 0 Å². The van der Waals surface area contributed by atoms with Crippen molar-refractivity contribution in [3.05, 3.63) is 22.0 Å². The third kappa shape index (κ3) is 3.14. The molecule has 2 N–H and O–H groups in total. The summed E-state index contributed by atoms with van der Waals surface area (Å²) in [5, 5.41) is 12.7. The van der Waals surface area contributed by atoms with Gasteiger partial charge >= 0.3 is 5.97 Å². The average Bonchev–Trinajstić information content (AvgIpc) is 2.88. The molecule has 8 heteroatoms. The molecular formula is C16H16ClNO5S. The van der Waals surface area contributed by atoms with Gasteiger partial charge in [-0.3, -0.25) is 4.79 Å². The van der Waals surface area contributed by atoms with Crippen molar-refractivity contribution in [3.63, 3.8) is 0 Å². The maximum Gasteiger partial charge on any atom is 0.326 e. The molecule has 0 saturated carbocycles. The first-order valence-electron chi connectivity index (χ1n) is 7.56. The summed E-state index contributed by atoms with van der Waals surface area (Å²) in [6.45, 7) is 2.80. The molecule has 3 rings (SSSR count). The van der Waals surface area contributed by atoms with Crippen LogP contribution in [0.1, 0.15) is 29.4 Å². The summed E-state index contributed by atoms with van der Waals surface area (Å²) in [7, 11) is 0. The number of rotatable bonds is 5. The Morgan fingerprint density at radius 3 is 2.62 bits per heavy atom. The fourth-order valence-electron chi connectivity index (χ4n) is 2.52. The number of benzene rings is 1. The molecule has 1 atom stereocenters. The number of amides is 1. The van der Waals surface area contributed by atoms with Crippen molar-refractivity contribution in [3.8, 4) is 11.5 Å². The lowest BCUT2D eigenvalue weighted by atomic mass is 10.1. The highest BCUT2D eigenvalue weighted by molar-refractivity contribution is 7.21. The molecule has 24 heavy (non-hydrogen) atoms. The van der Waals surface area contributed by atoms with Gasteiger partial charge in [0.1, 0.15) is 24.1 Å². The summed E-state index contributed by atoms with van der Waals surface area (Å²) in [5.41, 5.74) is 0. The Balaban J connectivity index is 1.93. The van der Waals surface area contributed by atoms with Gasteiger partial charge in [0, 0.05) is 16.2 Å². The van der Waals surface area contributed by atoms with Crippen LogP contribution in [-0.2, 0) is 4.79 Å². The Hall–Kier alpha value is -1.99. The normalized spacial score (nSPS) is 14.4. The van der Waals surface area contributed by atoms with Crippen LogP contribution in [0.25, 0.3) is 10.1 Å². The van der Waals surface area contributed by atoms with Crippen LogP contribution in [0, 0.1) is 0 Å². The Morgan fingerprint density at radius 1 is 1.33 bits per heavy atom. The average molecular weight is 370 g/mol. The number of carboxylic acids is 1. The topological polar surface area (TPSA) is 84.9 Å². The minimum atomic E-state index is -1.06. The van der Waals surface area contributed by atoms with Gasteiger partial charge in [0.15, 0.2) is 11.5 Å². The number of nitrogens with one attached hydrogen (secondary N) is 1. The largest absolute Gasteiger partial charge is 0.486 e. The van der Waals surface area contributed by atoms with Crippen LogP contribution in [0.5, 0.6) is 11.5 Å². The predicted octanol–water partition coefficient (Wildman–Crippen LogP) is 3.31. The first-order chi connectivity index (χ1) is 11.5. The quantitative estimate of drug-likeness (QED) is 0.844. The molecular weight excluding hydrogens is 354 g/mol. The molecule has 1 aromatic carbocycles. The van der Waals surface area contributed by atoms with Crippen LogP contribution >= 0.6 is 22.9 Å². The van der Waals surface area contributed by atoms with Gasteiger partial charge in [-0.2, -0.15) is 0 Å². The van der Waals surface area contributed by atoms with Gasteiger partial charge in [0.25, 0.3) is 5.91 Å². The second-order valence-electron chi connectivity index (χ2n) is 5.39. The standard InChI is InChI=1S/C16H16ClNO5S/c1-2-3-9(16(20)21)18-15(19)14-13(17)8-6-10-11(7-12(8)24-14)23-5-4-22-10/h6-7,9H,2-5H2,1H3,(H,18,19)(H,20,21). The van der Waals surface area contributed by atoms with Gasteiger partial charge in [-0.05, 0) is 12.5 Å². The third-order valence-electron chi connectivity index (χ3n) is 3.68. The number of carbonyl (C=O) groups excluding carboxylic acids is 1. The van der Waals surface area contributed by atoms with Gasteiger partial charge in [0.2, 0.25) is 0 Å². The Kier molecular flexibility index (Phi) is 4.82. The van der Waals surface area contributed by atoms with Gasteiger partial charge in [-0.1, -0.05) is 24.9 Å². The molecule has 0 saturated heterocycles. The molecule has 128 valence electrons. The molecule has 1 aliphatic heterocycles. The Morgan fingerprint density at radius 2 is 2.00 bits per heavy atom. The second-order valence-corrected chi connectivity index (χ2v) is 6.82. The smallest absolute Gasteiger partial charge is 0.326 e. The SMILES string of the molecule is CCCC(NC(=O)c1sc2cc3c(cc2c1Cl)OCCO3)C(=O)O. The molecule has 0 bridgehead atoms. The maximum absolute atomic E-state index is 12.4. The van der Waals surface area contributed by atoms with E-state index in [1.165, 1.54) is 11.3 Å². The number of aliphatic carboxylic acids is 1. The number of carboxylic acid groups (broad SMARTS) is 1. The van der Waals surface area contributed by atoms with E-state index in [0.29, 0.717) is 48.0 Å². The zero-order valence-corrected chi connectivity index (χ0v) is 14.5. The molecule has 0 aliphatic carbocycles. The number of hydrogen-bond acceptors (Lipinski definition) is 5. The third-order valence-corrected chi connectivity index (χ3v) is 5.34. The van der Waals surface area contributed by atoms with E-state index in [1.807, 2.05) is 6.92 Å². The Bertz CT molecular complexity index is 803. The minimum Gasteiger partial charge on any atom is -0.486 e. The molecule has 0 spiro atoms. The van der Waals surface area contributed by atoms with Crippen LogP contribution in [0.2, 0.25) is 5.02 Å². The number of thiophene rings is 1. The molecule has 1 amide bonds. The first-order valence-corrected chi connectivity index (χ1v) is 8.76. The first kappa shape index (κ1) is 16.9. The van der Waals surface area contributed by atoms with Crippen LogP contribution in [-0.4, -0.2) is 36.2 Å². The van der Waals surface area contributed by atoms with E-state index in [-0.39, 0.29) is 4.88 Å². The van der Waals surface area contributed by atoms with E-state index in [0.717, 1.165) is 4.70 Å². The highest BCUT2D eigenvalue weighted by Gasteiger charge is 2.25. The van der Waals surface area contributed by atoms with Gasteiger partial charge in [0.05, 0.1) is 5.02 Å². The monoisotopic (exact) mass is 369 g/mol. The lowest BCUT2D eigenvalue weighted by Crippen LogP contribution is -2.40. The number of carbonyl (C=O) groups is 2. The fraction of sp³-hybridized carbons (Fsp3) is 0.375. The van der Waals surface area contributed by atoms with Crippen molar-refractivity contribution in [1.82, 2.24) is 5.32 Å². The number of hydrogen-bond donors (Lipinski definition) is 2. The number of halogens is 1. The van der Waals surface area contributed by atoms with Crippen LogP contribution in [0.15, 0.2) is 12.1 Å². The predicted molar refractivity (Wildman–Crippen MR) is 91.6 cm³/mol. The second kappa shape index (κ2) is 6.86. The van der Waals surface area contributed by atoms with E-state index in [9.17, 15) is 14.7 Å². The van der Waals surface area contributed by atoms with Crippen molar-refractivity contribution >= 4 is 44.9 Å². The summed E-state index contributed by atoms with van der Waals surface area (Å²) < 4.78 is 11.8. The van der Waals surface area contributed by atoms with Crippen LogP contribution < -0.4 is 14.8 Å². The molecule has 1 unspecified atom stereocenters. The highest BCUT2D eigenvalue weighted by atomic mass is 35.5. The van der Waals surface area contributed by atoms with Gasteiger partial charge < -0.3 is 19.9 Å². The summed E-state index contributed by atoms with van der Waals surface area (Å²) in [4.78, 5) is 23.9. The summed E-state index contributed by atoms with van der Waals surface area (Å²) >= 11 is 7.54. The van der Waals surface area contributed by atoms with Crippen LogP contribution in [0.3, 0.4) is 0 Å². The van der Waals surface area contributed by atoms with Gasteiger partial charge in [-0.25, -0.2) is 4.79 Å². The fourth-order valence-corrected chi connectivity index (χ4v) is 3.94. The Labute approximate surface area is 147 Å². The van der Waals surface area contributed by atoms with Crippen molar-refractivity contribution in [2.24, 2.45) is 0 Å². The zero-order chi connectivity index (χ0) is 17.3. The van der Waals surface area contributed by atoms with Crippen molar-refractivity contribution in [2.75, 3.05) is 13.2 Å². The van der Waals surface area contributed by atoms with E-state index >= 15 is 0 Å². The molecule has 2 heterocycles. The highest BCUT2D eigenvalue weighted by Crippen LogP contribution is 2.42. The van der Waals surface area contributed by atoms with E-state index in [4.69, 9.17) is 21.1 Å².